The molecule has 1 aliphatic heterocycles. The number of hydrogen-bond donors (Lipinski definition) is 2. The number of carbonyl (C=O) groups is 2. The molecular formula is C21H28ClF3N4O2. The number of halogens is 4. The van der Waals surface area contributed by atoms with Crippen LogP contribution < -0.4 is 10.6 Å². The molecule has 2 fully saturated rings. The Hall–Kier alpha value is -1.84. The van der Waals surface area contributed by atoms with Gasteiger partial charge in [-0.3, -0.25) is 19.4 Å². The number of alkyl halides is 3. The second-order valence-corrected chi connectivity index (χ2v) is 8.63. The van der Waals surface area contributed by atoms with Crippen LogP contribution in [0.3, 0.4) is 0 Å². The van der Waals surface area contributed by atoms with E-state index in [1.54, 1.807) is 0 Å². The summed E-state index contributed by atoms with van der Waals surface area (Å²) in [6.45, 7) is 4.45. The first-order valence-electron chi connectivity index (χ1n) is 10.6. The molecule has 1 aliphatic carbocycles. The van der Waals surface area contributed by atoms with Crippen LogP contribution >= 0.6 is 11.6 Å². The standard InChI is InChI=1S/C21H28ClF3N4O2/c1-14(20(31)27-15-4-2-3-5-15)29-10-8-28(9-11-29)13-19(30)26-16-6-7-18(22)17(12-16)21(23,24)25/h6-7,12,14-15H,2-5,8-11,13H2,1H3,(H,26,30)(H,27,31)/t14-/m1/s1. The van der Waals surface area contributed by atoms with E-state index in [9.17, 15) is 22.8 Å². The monoisotopic (exact) mass is 460 g/mol. The highest BCUT2D eigenvalue weighted by Gasteiger charge is 2.33. The average molecular weight is 461 g/mol. The minimum atomic E-state index is -4.59. The molecule has 2 N–H and O–H groups in total. The molecule has 0 radical (unpaired) electrons. The van der Waals surface area contributed by atoms with E-state index < -0.39 is 22.7 Å². The van der Waals surface area contributed by atoms with Crippen molar-refractivity contribution < 1.29 is 22.8 Å². The van der Waals surface area contributed by atoms with Gasteiger partial charge in [-0.2, -0.15) is 13.2 Å². The van der Waals surface area contributed by atoms with Crippen molar-refractivity contribution in [1.82, 2.24) is 15.1 Å². The van der Waals surface area contributed by atoms with Gasteiger partial charge in [0.05, 0.1) is 23.2 Å². The fraction of sp³-hybridized carbons (Fsp3) is 0.619. The maximum atomic E-state index is 13.0. The Labute approximate surface area is 185 Å². The number of carbonyl (C=O) groups excluding carboxylic acids is 2. The number of nitrogens with zero attached hydrogens (tertiary/aromatic N) is 2. The molecule has 172 valence electrons. The molecule has 0 unspecified atom stereocenters. The summed E-state index contributed by atoms with van der Waals surface area (Å²) in [4.78, 5) is 28.8. The molecule has 0 bridgehead atoms. The molecular weight excluding hydrogens is 433 g/mol. The van der Waals surface area contributed by atoms with E-state index in [0.29, 0.717) is 26.2 Å². The number of rotatable bonds is 6. The molecule has 1 atom stereocenters. The first-order valence-corrected chi connectivity index (χ1v) is 10.9. The molecule has 2 aliphatic rings. The molecule has 1 aromatic rings. The molecule has 1 heterocycles. The minimum absolute atomic E-state index is 0.0429. The highest BCUT2D eigenvalue weighted by atomic mass is 35.5. The summed E-state index contributed by atoms with van der Waals surface area (Å²) >= 11 is 5.61. The second kappa shape index (κ2) is 10.2. The summed E-state index contributed by atoms with van der Waals surface area (Å²) in [5.41, 5.74) is -0.928. The van der Waals surface area contributed by atoms with Crippen molar-refractivity contribution >= 4 is 29.1 Å². The van der Waals surface area contributed by atoms with Gasteiger partial charge in [0, 0.05) is 37.9 Å². The predicted molar refractivity (Wildman–Crippen MR) is 113 cm³/mol. The maximum absolute atomic E-state index is 13.0. The summed E-state index contributed by atoms with van der Waals surface area (Å²) in [5.74, 6) is -0.350. The van der Waals surface area contributed by atoms with Gasteiger partial charge in [-0.1, -0.05) is 24.4 Å². The Bertz CT molecular complexity index is 791. The van der Waals surface area contributed by atoms with Gasteiger partial charge >= 0.3 is 6.18 Å². The number of hydrogen-bond acceptors (Lipinski definition) is 4. The van der Waals surface area contributed by atoms with Crippen LogP contribution in [0.5, 0.6) is 0 Å². The Morgan fingerprint density at radius 3 is 2.42 bits per heavy atom. The van der Waals surface area contributed by atoms with Crippen LogP contribution in [0.25, 0.3) is 0 Å². The van der Waals surface area contributed by atoms with Crippen LogP contribution in [0.1, 0.15) is 38.2 Å². The largest absolute Gasteiger partial charge is 0.417 e. The number of nitrogens with one attached hydrogen (secondary N) is 2. The van der Waals surface area contributed by atoms with Crippen molar-refractivity contribution in [1.29, 1.82) is 0 Å². The van der Waals surface area contributed by atoms with E-state index in [1.165, 1.54) is 6.07 Å². The molecule has 3 rings (SSSR count). The summed E-state index contributed by atoms with van der Waals surface area (Å²) < 4.78 is 38.9. The number of amides is 2. The van der Waals surface area contributed by atoms with Gasteiger partial charge in [0.1, 0.15) is 0 Å². The second-order valence-electron chi connectivity index (χ2n) is 8.22. The van der Waals surface area contributed by atoms with Crippen molar-refractivity contribution in [3.05, 3.63) is 28.8 Å². The normalized spacial score (nSPS) is 19.9. The van der Waals surface area contributed by atoms with Crippen LogP contribution in [0.2, 0.25) is 5.02 Å². The fourth-order valence-electron chi connectivity index (χ4n) is 4.09. The summed E-state index contributed by atoms with van der Waals surface area (Å²) in [7, 11) is 0. The van der Waals surface area contributed by atoms with E-state index in [2.05, 4.69) is 15.5 Å². The van der Waals surface area contributed by atoms with E-state index in [0.717, 1.165) is 37.8 Å². The van der Waals surface area contributed by atoms with Gasteiger partial charge in [0.25, 0.3) is 0 Å². The molecule has 1 saturated carbocycles. The third-order valence-corrected chi connectivity index (χ3v) is 6.29. The quantitative estimate of drug-likeness (QED) is 0.683. The van der Waals surface area contributed by atoms with Crippen LogP contribution in [-0.4, -0.2) is 66.4 Å². The van der Waals surface area contributed by atoms with Gasteiger partial charge < -0.3 is 10.6 Å². The zero-order valence-corrected chi connectivity index (χ0v) is 18.2. The molecule has 2 amide bonds. The third-order valence-electron chi connectivity index (χ3n) is 5.96. The lowest BCUT2D eigenvalue weighted by Crippen LogP contribution is -2.55. The Balaban J connectivity index is 1.45. The van der Waals surface area contributed by atoms with Crippen LogP contribution in [0.15, 0.2) is 18.2 Å². The molecule has 1 saturated heterocycles. The van der Waals surface area contributed by atoms with Gasteiger partial charge in [-0.15, -0.1) is 0 Å². The van der Waals surface area contributed by atoms with E-state index in [1.807, 2.05) is 11.8 Å². The topological polar surface area (TPSA) is 64.7 Å². The lowest BCUT2D eigenvalue weighted by Gasteiger charge is -2.37. The van der Waals surface area contributed by atoms with Crippen molar-refractivity contribution in [3.8, 4) is 0 Å². The third kappa shape index (κ3) is 6.57. The highest BCUT2D eigenvalue weighted by molar-refractivity contribution is 6.31. The predicted octanol–water partition coefficient (Wildman–Crippen LogP) is 3.36. The van der Waals surface area contributed by atoms with Crippen molar-refractivity contribution in [3.63, 3.8) is 0 Å². The molecule has 31 heavy (non-hydrogen) atoms. The number of piperazine rings is 1. The van der Waals surface area contributed by atoms with Gasteiger partial charge in [0.2, 0.25) is 11.8 Å². The summed E-state index contributed by atoms with van der Waals surface area (Å²) in [5, 5.41) is 5.21. The molecule has 0 aromatic heterocycles. The minimum Gasteiger partial charge on any atom is -0.352 e. The summed E-state index contributed by atoms with van der Waals surface area (Å²) in [6, 6.07) is 3.36. The first kappa shape index (κ1) is 23.8. The van der Waals surface area contributed by atoms with Gasteiger partial charge in [0.15, 0.2) is 0 Å². The van der Waals surface area contributed by atoms with Crippen LogP contribution in [-0.2, 0) is 15.8 Å². The van der Waals surface area contributed by atoms with Crippen LogP contribution in [0, 0.1) is 0 Å². The maximum Gasteiger partial charge on any atom is 0.417 e. The summed E-state index contributed by atoms with van der Waals surface area (Å²) in [6.07, 6.45) is -0.186. The highest BCUT2D eigenvalue weighted by Crippen LogP contribution is 2.36. The molecule has 10 heteroatoms. The first-order chi connectivity index (χ1) is 14.6. The smallest absolute Gasteiger partial charge is 0.352 e. The van der Waals surface area contributed by atoms with Gasteiger partial charge in [-0.05, 0) is 38.0 Å². The van der Waals surface area contributed by atoms with E-state index in [-0.39, 0.29) is 30.2 Å². The van der Waals surface area contributed by atoms with Crippen molar-refractivity contribution in [2.75, 3.05) is 38.0 Å². The zero-order chi connectivity index (χ0) is 22.6. The Morgan fingerprint density at radius 2 is 1.81 bits per heavy atom. The molecule has 1 aromatic carbocycles. The Kier molecular flexibility index (Phi) is 7.82. The van der Waals surface area contributed by atoms with Gasteiger partial charge in [-0.25, -0.2) is 0 Å². The SMILES string of the molecule is C[C@H](C(=O)NC1CCCC1)N1CCN(CC(=O)Nc2ccc(Cl)c(C(F)(F)F)c2)CC1. The fourth-order valence-corrected chi connectivity index (χ4v) is 4.32. The van der Waals surface area contributed by atoms with Crippen LogP contribution in [0.4, 0.5) is 18.9 Å². The van der Waals surface area contributed by atoms with Crippen molar-refractivity contribution in [2.45, 2.75) is 50.9 Å². The number of benzene rings is 1. The Morgan fingerprint density at radius 1 is 1.16 bits per heavy atom. The molecule has 6 nitrogen and oxygen atoms in total. The number of anilines is 1. The lowest BCUT2D eigenvalue weighted by atomic mass is 10.2. The van der Waals surface area contributed by atoms with Crippen molar-refractivity contribution in [2.24, 2.45) is 0 Å². The molecule has 0 spiro atoms. The van der Waals surface area contributed by atoms with E-state index in [4.69, 9.17) is 11.6 Å². The average Bonchev–Trinajstić information content (AvgIpc) is 3.21. The lowest BCUT2D eigenvalue weighted by molar-refractivity contribution is -0.137. The van der Waals surface area contributed by atoms with E-state index >= 15 is 0 Å². The zero-order valence-electron chi connectivity index (χ0n) is 17.5.